The molecular weight excluding hydrogens is 422 g/mol. The molecule has 0 radical (unpaired) electrons. The van der Waals surface area contributed by atoms with E-state index in [2.05, 4.69) is 13.0 Å². The lowest BCUT2D eigenvalue weighted by atomic mass is 10.0. The summed E-state index contributed by atoms with van der Waals surface area (Å²) < 4.78 is 29.8. The van der Waals surface area contributed by atoms with E-state index in [4.69, 9.17) is 16.0 Å². The molecule has 1 atom stereocenters. The number of rotatable bonds is 6. The van der Waals surface area contributed by atoms with E-state index >= 15 is 0 Å². The van der Waals surface area contributed by atoms with Crippen LogP contribution < -0.4 is 0 Å². The highest BCUT2D eigenvalue weighted by atomic mass is 35.5. The summed E-state index contributed by atoms with van der Waals surface area (Å²) in [5.74, 6) is -0.0186. The van der Waals surface area contributed by atoms with E-state index in [9.17, 15) is 13.2 Å². The quantitative estimate of drug-likeness (QED) is 0.563. The molecule has 1 fully saturated rings. The van der Waals surface area contributed by atoms with E-state index < -0.39 is 9.84 Å². The van der Waals surface area contributed by atoms with Crippen molar-refractivity contribution < 1.29 is 17.6 Å². The third-order valence-electron chi connectivity index (χ3n) is 5.74. The first kappa shape index (κ1) is 20.9. The zero-order valence-electron chi connectivity index (χ0n) is 16.8. The highest BCUT2D eigenvalue weighted by molar-refractivity contribution is 7.91. The van der Waals surface area contributed by atoms with Gasteiger partial charge in [0.2, 0.25) is 5.91 Å². The minimum atomic E-state index is -3.13. The van der Waals surface area contributed by atoms with Gasteiger partial charge in [-0.2, -0.15) is 0 Å². The summed E-state index contributed by atoms with van der Waals surface area (Å²) in [5, 5.41) is 1.50. The van der Waals surface area contributed by atoms with Crippen molar-refractivity contribution in [2.24, 2.45) is 0 Å². The summed E-state index contributed by atoms with van der Waals surface area (Å²) in [6.07, 6.45) is 3.12. The van der Waals surface area contributed by atoms with E-state index in [0.717, 1.165) is 28.5 Å². The van der Waals surface area contributed by atoms with Crippen LogP contribution >= 0.6 is 11.6 Å². The fraction of sp³-hybridized carbons (Fsp3) is 0.348. The summed E-state index contributed by atoms with van der Waals surface area (Å²) in [7, 11) is -3.13. The SMILES string of the molecule is CCc1ccc2occ(CC(=O)N(Cc3ccccc3Cl)C3CCS(=O)(=O)C3)c2c1. The highest BCUT2D eigenvalue weighted by Gasteiger charge is 2.35. The van der Waals surface area contributed by atoms with Crippen LogP contribution in [0.25, 0.3) is 11.0 Å². The van der Waals surface area contributed by atoms with Crippen molar-refractivity contribution in [1.29, 1.82) is 0 Å². The maximum absolute atomic E-state index is 13.4. The minimum absolute atomic E-state index is 0.00465. The standard InChI is InChI=1S/C23H24ClNO4S/c1-2-16-7-8-22-20(11-16)18(14-29-22)12-23(26)25(19-9-10-30(27,28)15-19)13-17-5-3-4-6-21(17)24/h3-8,11,14,19H,2,9-10,12-13,15H2,1H3. The summed E-state index contributed by atoms with van der Waals surface area (Å²) in [5.41, 5.74) is 3.54. The number of aryl methyl sites for hydroxylation is 1. The van der Waals surface area contributed by atoms with Gasteiger partial charge in [-0.05, 0) is 42.2 Å². The topological polar surface area (TPSA) is 67.6 Å². The van der Waals surface area contributed by atoms with Gasteiger partial charge in [-0.1, -0.05) is 42.8 Å². The lowest BCUT2D eigenvalue weighted by Gasteiger charge is -2.29. The third kappa shape index (κ3) is 4.40. The molecule has 1 aliphatic rings. The molecule has 1 aromatic heterocycles. The van der Waals surface area contributed by atoms with Crippen LogP contribution in [0.15, 0.2) is 53.1 Å². The van der Waals surface area contributed by atoms with E-state index in [1.165, 1.54) is 5.56 Å². The summed E-state index contributed by atoms with van der Waals surface area (Å²) in [4.78, 5) is 15.0. The van der Waals surface area contributed by atoms with Gasteiger partial charge in [-0.3, -0.25) is 4.79 Å². The van der Waals surface area contributed by atoms with Gasteiger partial charge in [0, 0.05) is 28.6 Å². The van der Waals surface area contributed by atoms with E-state index in [1.54, 1.807) is 17.2 Å². The molecule has 0 N–H and O–H groups in total. The van der Waals surface area contributed by atoms with Crippen LogP contribution in [-0.2, 0) is 34.0 Å². The average molecular weight is 446 g/mol. The summed E-state index contributed by atoms with van der Waals surface area (Å²) >= 11 is 6.32. The average Bonchev–Trinajstić information content (AvgIpc) is 3.29. The molecule has 1 amide bonds. The Bertz CT molecular complexity index is 1180. The van der Waals surface area contributed by atoms with Crippen LogP contribution in [0.2, 0.25) is 5.02 Å². The molecule has 0 spiro atoms. The Morgan fingerprint density at radius 1 is 1.20 bits per heavy atom. The van der Waals surface area contributed by atoms with Crippen LogP contribution in [0.4, 0.5) is 0 Å². The molecular formula is C23H24ClNO4S. The van der Waals surface area contributed by atoms with Gasteiger partial charge in [-0.25, -0.2) is 8.42 Å². The fourth-order valence-electron chi connectivity index (χ4n) is 4.00. The lowest BCUT2D eigenvalue weighted by molar-refractivity contribution is -0.133. The molecule has 1 saturated heterocycles. The van der Waals surface area contributed by atoms with Crippen molar-refractivity contribution in [2.75, 3.05) is 11.5 Å². The molecule has 0 bridgehead atoms. The van der Waals surface area contributed by atoms with Crippen molar-refractivity contribution in [2.45, 2.75) is 38.8 Å². The first-order valence-electron chi connectivity index (χ1n) is 10.1. The Morgan fingerprint density at radius 2 is 2.00 bits per heavy atom. The van der Waals surface area contributed by atoms with Crippen molar-refractivity contribution in [3.8, 4) is 0 Å². The van der Waals surface area contributed by atoms with E-state index in [1.807, 2.05) is 30.3 Å². The Morgan fingerprint density at radius 3 is 2.70 bits per heavy atom. The van der Waals surface area contributed by atoms with Crippen molar-refractivity contribution in [1.82, 2.24) is 4.90 Å². The Hall–Kier alpha value is -2.31. The zero-order valence-corrected chi connectivity index (χ0v) is 18.4. The molecule has 5 nitrogen and oxygen atoms in total. The van der Waals surface area contributed by atoms with Crippen LogP contribution in [-0.4, -0.2) is 36.8 Å². The second kappa shape index (κ2) is 8.44. The minimum Gasteiger partial charge on any atom is -0.464 e. The number of hydrogen-bond donors (Lipinski definition) is 0. The molecule has 4 rings (SSSR count). The molecule has 0 saturated carbocycles. The number of furan rings is 1. The molecule has 2 aromatic carbocycles. The molecule has 158 valence electrons. The van der Waals surface area contributed by atoms with Gasteiger partial charge in [0.15, 0.2) is 9.84 Å². The number of amides is 1. The normalized spacial score (nSPS) is 18.0. The Labute approximate surface area is 181 Å². The molecule has 7 heteroatoms. The largest absolute Gasteiger partial charge is 0.464 e. The van der Waals surface area contributed by atoms with Crippen molar-refractivity contribution in [3.05, 3.63) is 70.4 Å². The zero-order chi connectivity index (χ0) is 21.3. The van der Waals surface area contributed by atoms with Gasteiger partial charge in [0.05, 0.1) is 24.2 Å². The smallest absolute Gasteiger partial charge is 0.227 e. The van der Waals surface area contributed by atoms with Gasteiger partial charge in [0.1, 0.15) is 5.58 Å². The van der Waals surface area contributed by atoms with Crippen molar-refractivity contribution >= 4 is 38.3 Å². The second-order valence-electron chi connectivity index (χ2n) is 7.79. The number of halogens is 1. The van der Waals surface area contributed by atoms with Gasteiger partial charge in [-0.15, -0.1) is 0 Å². The Kier molecular flexibility index (Phi) is 5.89. The first-order chi connectivity index (χ1) is 14.4. The summed E-state index contributed by atoms with van der Waals surface area (Å²) in [6.45, 7) is 2.37. The lowest BCUT2D eigenvalue weighted by Crippen LogP contribution is -2.41. The first-order valence-corrected chi connectivity index (χ1v) is 12.3. The number of nitrogens with zero attached hydrogens (tertiary/aromatic N) is 1. The number of hydrogen-bond acceptors (Lipinski definition) is 4. The number of carbonyl (C=O) groups is 1. The maximum Gasteiger partial charge on any atom is 0.227 e. The van der Waals surface area contributed by atoms with Gasteiger partial charge < -0.3 is 9.32 Å². The van der Waals surface area contributed by atoms with Crippen LogP contribution in [0.3, 0.4) is 0 Å². The van der Waals surface area contributed by atoms with E-state index in [-0.39, 0.29) is 36.4 Å². The van der Waals surface area contributed by atoms with Gasteiger partial charge in [0.25, 0.3) is 0 Å². The molecule has 2 heterocycles. The fourth-order valence-corrected chi connectivity index (χ4v) is 5.93. The molecule has 30 heavy (non-hydrogen) atoms. The number of benzene rings is 2. The number of fused-ring (bicyclic) bond motifs is 1. The van der Waals surface area contributed by atoms with Crippen molar-refractivity contribution in [3.63, 3.8) is 0 Å². The number of sulfone groups is 1. The number of carbonyl (C=O) groups excluding carboxylic acids is 1. The third-order valence-corrected chi connectivity index (χ3v) is 7.86. The van der Waals surface area contributed by atoms with Crippen LogP contribution in [0, 0.1) is 0 Å². The molecule has 1 aliphatic heterocycles. The Balaban J connectivity index is 1.63. The highest BCUT2D eigenvalue weighted by Crippen LogP contribution is 2.27. The van der Waals surface area contributed by atoms with Gasteiger partial charge >= 0.3 is 0 Å². The molecule has 3 aromatic rings. The second-order valence-corrected chi connectivity index (χ2v) is 10.4. The summed E-state index contributed by atoms with van der Waals surface area (Å²) in [6, 6.07) is 13.0. The predicted octanol–water partition coefficient (Wildman–Crippen LogP) is 4.41. The molecule has 0 aliphatic carbocycles. The molecule has 1 unspecified atom stereocenters. The van der Waals surface area contributed by atoms with Crippen LogP contribution in [0.5, 0.6) is 0 Å². The van der Waals surface area contributed by atoms with E-state index in [0.29, 0.717) is 11.4 Å². The predicted molar refractivity (Wildman–Crippen MR) is 118 cm³/mol. The maximum atomic E-state index is 13.4. The van der Waals surface area contributed by atoms with Crippen LogP contribution in [0.1, 0.15) is 30.0 Å². The monoisotopic (exact) mass is 445 g/mol.